The molecule has 20 heavy (non-hydrogen) atoms. The summed E-state index contributed by atoms with van der Waals surface area (Å²) in [5.74, 6) is 0.608. The van der Waals surface area contributed by atoms with Crippen LogP contribution >= 0.6 is 0 Å². The van der Waals surface area contributed by atoms with Gasteiger partial charge in [0.1, 0.15) is 5.82 Å². The van der Waals surface area contributed by atoms with Crippen molar-refractivity contribution in [2.75, 3.05) is 5.73 Å². The van der Waals surface area contributed by atoms with Gasteiger partial charge < -0.3 is 5.73 Å². The Kier molecular flexibility index (Phi) is 2.89. The normalized spacial score (nSPS) is 12.2. The summed E-state index contributed by atoms with van der Waals surface area (Å²) in [6.07, 6.45) is 1.06. The Morgan fingerprint density at radius 1 is 0.950 bits per heavy atom. The second kappa shape index (κ2) is 4.48. The van der Waals surface area contributed by atoms with Crippen molar-refractivity contribution in [3.05, 3.63) is 48.0 Å². The van der Waals surface area contributed by atoms with Crippen LogP contribution in [-0.2, 0) is 6.42 Å². The maximum Gasteiger partial charge on any atom is 0.131 e. The number of hydrogen-bond acceptors (Lipinski definition) is 2. The molecule has 0 saturated carbocycles. The topological polar surface area (TPSA) is 38.9 Å². The van der Waals surface area contributed by atoms with E-state index in [1.165, 1.54) is 16.3 Å². The van der Waals surface area contributed by atoms with Crippen LogP contribution in [0.4, 0.5) is 5.82 Å². The molecule has 0 aliphatic carbocycles. The summed E-state index contributed by atoms with van der Waals surface area (Å²) in [6, 6.07) is 14.7. The molecule has 0 fully saturated rings. The van der Waals surface area contributed by atoms with Gasteiger partial charge in [0.05, 0.1) is 5.52 Å². The van der Waals surface area contributed by atoms with E-state index in [9.17, 15) is 0 Å². The average Bonchev–Trinajstić information content (AvgIpc) is 2.38. The highest BCUT2D eigenvalue weighted by atomic mass is 14.8. The average molecular weight is 264 g/mol. The van der Waals surface area contributed by atoms with Gasteiger partial charge in [-0.2, -0.15) is 0 Å². The largest absolute Gasteiger partial charge is 0.383 e. The molecule has 0 aliphatic heterocycles. The molecule has 2 aromatic carbocycles. The summed E-state index contributed by atoms with van der Waals surface area (Å²) in [5.41, 5.74) is 8.65. The summed E-state index contributed by atoms with van der Waals surface area (Å²) in [7, 11) is 0. The standard InChI is InChI=1S/C18H20N2/c1-18(2,3)11-12-8-9-16-15(10-12)13-6-4-5-7-14(13)17(19)20-16/h4-10H,11H2,1-3H3,(H2,19,20). The van der Waals surface area contributed by atoms with E-state index in [-0.39, 0.29) is 5.41 Å². The summed E-state index contributed by atoms with van der Waals surface area (Å²) < 4.78 is 0. The van der Waals surface area contributed by atoms with Crippen LogP contribution in [0.15, 0.2) is 42.5 Å². The van der Waals surface area contributed by atoms with E-state index >= 15 is 0 Å². The van der Waals surface area contributed by atoms with Crippen molar-refractivity contribution < 1.29 is 0 Å². The van der Waals surface area contributed by atoms with Crippen molar-refractivity contribution in [3.8, 4) is 0 Å². The van der Waals surface area contributed by atoms with Gasteiger partial charge in [-0.25, -0.2) is 4.98 Å². The first-order valence-electron chi connectivity index (χ1n) is 7.01. The quantitative estimate of drug-likeness (QED) is 0.654. The molecule has 102 valence electrons. The summed E-state index contributed by atoms with van der Waals surface area (Å²) in [4.78, 5) is 4.52. The van der Waals surface area contributed by atoms with Crippen LogP contribution in [0.2, 0.25) is 0 Å². The molecule has 0 amide bonds. The van der Waals surface area contributed by atoms with Crippen LogP contribution < -0.4 is 5.73 Å². The van der Waals surface area contributed by atoms with Gasteiger partial charge >= 0.3 is 0 Å². The SMILES string of the molecule is CC(C)(C)Cc1ccc2nc(N)c3ccccc3c2c1. The highest BCUT2D eigenvalue weighted by molar-refractivity contribution is 6.09. The predicted molar refractivity (Wildman–Crippen MR) is 86.8 cm³/mol. The number of pyridine rings is 1. The van der Waals surface area contributed by atoms with Crippen LogP contribution in [0, 0.1) is 5.41 Å². The lowest BCUT2D eigenvalue weighted by atomic mass is 9.87. The van der Waals surface area contributed by atoms with Crippen molar-refractivity contribution in [3.63, 3.8) is 0 Å². The first kappa shape index (κ1) is 12.9. The fraction of sp³-hybridized carbons (Fsp3) is 0.278. The third kappa shape index (κ3) is 2.34. The lowest BCUT2D eigenvalue weighted by Crippen LogP contribution is -2.09. The van der Waals surface area contributed by atoms with Crippen LogP contribution in [0.1, 0.15) is 26.3 Å². The second-order valence-corrected chi connectivity index (χ2v) is 6.63. The number of nitrogen functional groups attached to an aromatic ring is 1. The molecule has 2 heteroatoms. The van der Waals surface area contributed by atoms with Gasteiger partial charge in [-0.05, 0) is 34.9 Å². The smallest absolute Gasteiger partial charge is 0.131 e. The Morgan fingerprint density at radius 3 is 2.35 bits per heavy atom. The third-order valence-corrected chi connectivity index (χ3v) is 3.53. The minimum atomic E-state index is 0.282. The molecule has 2 nitrogen and oxygen atoms in total. The first-order chi connectivity index (χ1) is 9.44. The molecule has 0 unspecified atom stereocenters. The molecule has 1 heterocycles. The molecule has 0 spiro atoms. The number of nitrogens with zero attached hydrogens (tertiary/aromatic N) is 1. The molecule has 0 bridgehead atoms. The van der Waals surface area contributed by atoms with Crippen molar-refractivity contribution in [1.82, 2.24) is 4.98 Å². The number of benzene rings is 2. The van der Waals surface area contributed by atoms with E-state index in [0.717, 1.165) is 17.3 Å². The molecule has 3 aromatic rings. The van der Waals surface area contributed by atoms with E-state index < -0.39 is 0 Å². The monoisotopic (exact) mass is 264 g/mol. The number of rotatable bonds is 1. The first-order valence-corrected chi connectivity index (χ1v) is 7.01. The van der Waals surface area contributed by atoms with Gasteiger partial charge in [0.15, 0.2) is 0 Å². The number of fused-ring (bicyclic) bond motifs is 3. The molecule has 0 radical (unpaired) electrons. The summed E-state index contributed by atoms with van der Waals surface area (Å²) in [5, 5.41) is 3.41. The van der Waals surface area contributed by atoms with Crippen LogP contribution in [0.5, 0.6) is 0 Å². The van der Waals surface area contributed by atoms with E-state index in [4.69, 9.17) is 5.73 Å². The zero-order chi connectivity index (χ0) is 14.3. The van der Waals surface area contributed by atoms with Crippen molar-refractivity contribution in [2.45, 2.75) is 27.2 Å². The highest BCUT2D eigenvalue weighted by Crippen LogP contribution is 2.30. The summed E-state index contributed by atoms with van der Waals surface area (Å²) in [6.45, 7) is 6.78. The zero-order valence-electron chi connectivity index (χ0n) is 12.3. The van der Waals surface area contributed by atoms with Gasteiger partial charge in [-0.15, -0.1) is 0 Å². The fourth-order valence-corrected chi connectivity index (χ4v) is 2.75. The Bertz CT molecular complexity index is 782. The van der Waals surface area contributed by atoms with E-state index in [2.05, 4.69) is 56.1 Å². The van der Waals surface area contributed by atoms with E-state index in [0.29, 0.717) is 5.82 Å². The molecule has 0 saturated heterocycles. The second-order valence-electron chi connectivity index (χ2n) is 6.63. The minimum Gasteiger partial charge on any atom is -0.383 e. The maximum atomic E-state index is 6.05. The molecule has 0 aliphatic rings. The number of hydrogen-bond donors (Lipinski definition) is 1. The van der Waals surface area contributed by atoms with E-state index in [1.807, 2.05) is 12.1 Å². The number of anilines is 1. The Labute approximate surface area is 119 Å². The van der Waals surface area contributed by atoms with E-state index in [1.54, 1.807) is 0 Å². The minimum absolute atomic E-state index is 0.282. The Balaban J connectivity index is 2.27. The number of nitrogens with two attached hydrogens (primary N) is 1. The van der Waals surface area contributed by atoms with Crippen LogP contribution in [0.25, 0.3) is 21.7 Å². The summed E-state index contributed by atoms with van der Waals surface area (Å²) >= 11 is 0. The molecule has 3 rings (SSSR count). The fourth-order valence-electron chi connectivity index (χ4n) is 2.75. The van der Waals surface area contributed by atoms with Crippen molar-refractivity contribution >= 4 is 27.5 Å². The Morgan fingerprint density at radius 2 is 1.65 bits per heavy atom. The molecule has 2 N–H and O–H groups in total. The van der Waals surface area contributed by atoms with Crippen molar-refractivity contribution in [2.24, 2.45) is 5.41 Å². The van der Waals surface area contributed by atoms with Crippen LogP contribution in [-0.4, -0.2) is 4.98 Å². The van der Waals surface area contributed by atoms with Gasteiger partial charge in [0, 0.05) is 10.8 Å². The van der Waals surface area contributed by atoms with Gasteiger partial charge in [-0.3, -0.25) is 0 Å². The third-order valence-electron chi connectivity index (χ3n) is 3.53. The van der Waals surface area contributed by atoms with Gasteiger partial charge in [0.25, 0.3) is 0 Å². The molecular formula is C18H20N2. The zero-order valence-corrected chi connectivity index (χ0v) is 12.3. The molecule has 0 atom stereocenters. The molecular weight excluding hydrogens is 244 g/mol. The highest BCUT2D eigenvalue weighted by Gasteiger charge is 2.13. The predicted octanol–water partition coefficient (Wildman–Crippen LogP) is 4.56. The van der Waals surface area contributed by atoms with Gasteiger partial charge in [-0.1, -0.05) is 51.1 Å². The number of aromatic nitrogens is 1. The lowest BCUT2D eigenvalue weighted by Gasteiger charge is -2.18. The van der Waals surface area contributed by atoms with Crippen molar-refractivity contribution in [1.29, 1.82) is 0 Å². The van der Waals surface area contributed by atoms with Gasteiger partial charge in [0.2, 0.25) is 0 Å². The Hall–Kier alpha value is -2.09. The molecule has 1 aromatic heterocycles. The maximum absolute atomic E-state index is 6.05. The lowest BCUT2D eigenvalue weighted by molar-refractivity contribution is 0.411. The van der Waals surface area contributed by atoms with Crippen LogP contribution in [0.3, 0.4) is 0 Å².